The van der Waals surface area contributed by atoms with E-state index in [1.165, 1.54) is 45.0 Å². The second-order valence-electron chi connectivity index (χ2n) is 9.92. The number of amides is 6. The third-order valence-electron chi connectivity index (χ3n) is 7.34. The number of rotatable bonds is 0. The molecule has 0 saturated carbocycles. The van der Waals surface area contributed by atoms with Crippen molar-refractivity contribution in [3.63, 3.8) is 0 Å². The quantitative estimate of drug-likeness (QED) is 0.0862. The number of carbonyl (C=O) groups excluding carboxylic acids is 6. The standard InChI is InChI=1S/C23H12NO2.C5H9NO2.C5H8NO2.C2H6.Y/c1-24-22(25)17-10-8-15-13-6-2-4-12-5-3-7-14(19(12)13)16-9-11-18(23(24)26)21(17)20(15)16;2*1-4(7)6(3)5(2)8;1-2;/h2-4,6-11H,1H3;1-3H3;3H2,1-2H3;1-2H3;/q-1;;-1;;. The SMILES string of the molecule is CC.CC(=O)N(C)C(C)=O.CN1C(=O)c2ccc3c4cc[c-]c5cccc(c6ccc(c2c36)C1=O)c54.[CH2-]N(C(C)=O)C(C)=O.[Y]. The van der Waals surface area contributed by atoms with Crippen LogP contribution in [0.5, 0.6) is 0 Å². The Bertz CT molecular complexity index is 1790. The number of fused-ring (bicyclic) bond motifs is 2. The van der Waals surface area contributed by atoms with Crippen LogP contribution < -0.4 is 0 Å². The second kappa shape index (κ2) is 15.3. The first-order chi connectivity index (χ1) is 20.8. The summed E-state index contributed by atoms with van der Waals surface area (Å²) in [7, 11) is 6.16. The van der Waals surface area contributed by atoms with Crippen LogP contribution in [0.25, 0.3) is 43.1 Å². The molecule has 6 rings (SSSR count). The summed E-state index contributed by atoms with van der Waals surface area (Å²) in [6.07, 6.45) is 0. The molecule has 231 valence electrons. The Labute approximate surface area is 287 Å². The molecule has 0 saturated heterocycles. The molecule has 5 aromatic rings. The van der Waals surface area contributed by atoms with E-state index in [1.807, 2.05) is 50.2 Å². The number of hydrogen-bond acceptors (Lipinski definition) is 6. The Balaban J connectivity index is 0.000000312. The molecule has 0 fully saturated rings. The van der Waals surface area contributed by atoms with Crippen LogP contribution in [-0.4, -0.2) is 64.2 Å². The third-order valence-corrected chi connectivity index (χ3v) is 7.34. The average Bonchev–Trinajstić information content (AvgIpc) is 3.02. The molecular formula is C35H35N3O6Y-2. The van der Waals surface area contributed by atoms with Crippen LogP contribution in [0.15, 0.2) is 54.6 Å². The zero-order valence-corrected chi connectivity index (χ0v) is 29.6. The number of imide groups is 3. The zero-order valence-electron chi connectivity index (χ0n) is 26.8. The molecule has 0 N–H and O–H groups in total. The average molecular weight is 683 g/mol. The first kappa shape index (κ1) is 37.1. The summed E-state index contributed by atoms with van der Waals surface area (Å²) < 4.78 is 0. The molecule has 1 aliphatic rings. The monoisotopic (exact) mass is 682 g/mol. The largest absolute Gasteiger partial charge is 0.439 e. The molecule has 1 radical (unpaired) electrons. The fraction of sp³-hybridized carbons (Fsp3) is 0.229. The van der Waals surface area contributed by atoms with Gasteiger partial charge in [0.25, 0.3) is 11.8 Å². The third kappa shape index (κ3) is 7.10. The summed E-state index contributed by atoms with van der Waals surface area (Å²) in [6.45, 7) is 9.27. The summed E-state index contributed by atoms with van der Waals surface area (Å²) in [5.74, 6) is -1.60. The predicted molar refractivity (Wildman–Crippen MR) is 172 cm³/mol. The van der Waals surface area contributed by atoms with Gasteiger partial charge in [-0.05, 0) is 28.3 Å². The first-order valence-electron chi connectivity index (χ1n) is 14.0. The van der Waals surface area contributed by atoms with Crippen molar-refractivity contribution in [1.82, 2.24) is 14.7 Å². The Morgan fingerprint density at radius 3 is 1.51 bits per heavy atom. The van der Waals surface area contributed by atoms with Gasteiger partial charge in [0.05, 0.1) is 0 Å². The van der Waals surface area contributed by atoms with Gasteiger partial charge < -0.3 is 4.90 Å². The van der Waals surface area contributed by atoms with Crippen molar-refractivity contribution in [3.8, 4) is 0 Å². The summed E-state index contributed by atoms with van der Waals surface area (Å²) in [5.41, 5.74) is 1.20. The molecule has 1 heterocycles. The van der Waals surface area contributed by atoms with Crippen molar-refractivity contribution in [2.24, 2.45) is 0 Å². The van der Waals surface area contributed by atoms with E-state index in [0.717, 1.165) is 47.5 Å². The molecule has 0 aromatic heterocycles. The maximum Gasteiger partial charge on any atom is 0.261 e. The summed E-state index contributed by atoms with van der Waals surface area (Å²) in [5, 5.41) is 8.44. The molecule has 0 aliphatic carbocycles. The normalized spacial score (nSPS) is 11.4. The van der Waals surface area contributed by atoms with Crippen molar-refractivity contribution in [2.75, 3.05) is 14.1 Å². The van der Waals surface area contributed by atoms with Gasteiger partial charge in [0.2, 0.25) is 11.8 Å². The van der Waals surface area contributed by atoms with E-state index in [0.29, 0.717) is 11.1 Å². The smallest absolute Gasteiger partial charge is 0.261 e. The van der Waals surface area contributed by atoms with Crippen LogP contribution in [0, 0.1) is 13.1 Å². The second-order valence-corrected chi connectivity index (χ2v) is 9.92. The van der Waals surface area contributed by atoms with Crippen LogP contribution in [0.1, 0.15) is 62.3 Å². The van der Waals surface area contributed by atoms with E-state index < -0.39 is 0 Å². The van der Waals surface area contributed by atoms with Gasteiger partial charge in [-0.2, -0.15) is 0 Å². The molecule has 0 bridgehead atoms. The van der Waals surface area contributed by atoms with Crippen LogP contribution in [0.2, 0.25) is 0 Å². The minimum Gasteiger partial charge on any atom is -0.439 e. The van der Waals surface area contributed by atoms with Crippen LogP contribution in [0.4, 0.5) is 0 Å². The van der Waals surface area contributed by atoms with Crippen molar-refractivity contribution < 1.29 is 61.5 Å². The van der Waals surface area contributed by atoms with E-state index >= 15 is 0 Å². The summed E-state index contributed by atoms with van der Waals surface area (Å²) in [6, 6.07) is 21.2. The van der Waals surface area contributed by atoms with E-state index in [-0.39, 0.29) is 68.2 Å². The van der Waals surface area contributed by atoms with Gasteiger partial charge in [0.1, 0.15) is 0 Å². The maximum atomic E-state index is 12.7. The minimum atomic E-state index is -0.336. The molecule has 0 atom stereocenters. The van der Waals surface area contributed by atoms with E-state index in [9.17, 15) is 28.8 Å². The van der Waals surface area contributed by atoms with E-state index in [4.69, 9.17) is 0 Å². The minimum absolute atomic E-state index is 0. The molecule has 0 spiro atoms. The molecule has 10 heteroatoms. The number of hydrogen-bond donors (Lipinski definition) is 0. The Morgan fingerprint density at radius 2 is 1.11 bits per heavy atom. The van der Waals surface area contributed by atoms with Crippen molar-refractivity contribution in [1.29, 1.82) is 0 Å². The number of nitrogens with zero attached hydrogens (tertiary/aromatic N) is 3. The van der Waals surface area contributed by atoms with Gasteiger partial charge in [0, 0.05) is 91.0 Å². The Morgan fingerprint density at radius 1 is 0.667 bits per heavy atom. The molecule has 9 nitrogen and oxygen atoms in total. The van der Waals surface area contributed by atoms with Crippen LogP contribution in [-0.2, 0) is 51.9 Å². The Kier molecular flexibility index (Phi) is 12.6. The van der Waals surface area contributed by atoms with E-state index in [2.05, 4.69) is 31.3 Å². The summed E-state index contributed by atoms with van der Waals surface area (Å²) in [4.78, 5) is 69.5. The number of carbonyl (C=O) groups is 6. The van der Waals surface area contributed by atoms with Crippen molar-refractivity contribution in [2.45, 2.75) is 41.5 Å². The van der Waals surface area contributed by atoms with Crippen molar-refractivity contribution in [3.05, 3.63) is 78.8 Å². The zero-order chi connectivity index (χ0) is 33.0. The molecule has 45 heavy (non-hydrogen) atoms. The van der Waals surface area contributed by atoms with Crippen molar-refractivity contribution >= 4 is 78.5 Å². The van der Waals surface area contributed by atoms with Gasteiger partial charge >= 0.3 is 0 Å². The van der Waals surface area contributed by atoms with Gasteiger partial charge in [-0.3, -0.25) is 38.6 Å². The van der Waals surface area contributed by atoms with E-state index in [1.54, 1.807) is 7.05 Å². The van der Waals surface area contributed by atoms with Gasteiger partial charge in [-0.1, -0.05) is 48.2 Å². The van der Waals surface area contributed by atoms with Crippen LogP contribution in [0.3, 0.4) is 0 Å². The molecule has 0 unspecified atom stereocenters. The topological polar surface area (TPSA) is 112 Å². The van der Waals surface area contributed by atoms with Gasteiger partial charge in [0.15, 0.2) is 11.8 Å². The molecular weight excluding hydrogens is 647 g/mol. The van der Waals surface area contributed by atoms with Gasteiger partial charge in [-0.15, -0.1) is 35.7 Å². The van der Waals surface area contributed by atoms with Gasteiger partial charge in [-0.25, -0.2) is 7.05 Å². The molecule has 1 aliphatic heterocycles. The summed E-state index contributed by atoms with van der Waals surface area (Å²) >= 11 is 0. The Hall–Kier alpha value is -4.08. The van der Waals surface area contributed by atoms with Crippen LogP contribution >= 0.6 is 0 Å². The molecule has 6 amide bonds. The fourth-order valence-corrected chi connectivity index (χ4v) is 4.91. The molecule has 5 aromatic carbocycles. The maximum absolute atomic E-state index is 12.7. The first-order valence-corrected chi connectivity index (χ1v) is 14.0. The predicted octanol–water partition coefficient (Wildman–Crippen LogP) is 5.97. The number of benzene rings is 5. The fourth-order valence-electron chi connectivity index (χ4n) is 4.91.